The highest BCUT2D eigenvalue weighted by Gasteiger charge is 2.52. The van der Waals surface area contributed by atoms with Gasteiger partial charge in [-0.25, -0.2) is 9.18 Å². The number of hydrogen-bond acceptors (Lipinski definition) is 4. The SMILES string of the molecule is CC[C@@]1(c2ccccc2)NC(=O)N(NC(=O)/C=C/c2ccc(OC)c(F)c2)C1=O. The molecule has 3 rings (SSSR count). The lowest BCUT2D eigenvalue weighted by Gasteiger charge is -2.25. The van der Waals surface area contributed by atoms with Gasteiger partial charge in [-0.1, -0.05) is 43.3 Å². The quantitative estimate of drug-likeness (QED) is 0.580. The van der Waals surface area contributed by atoms with E-state index < -0.39 is 29.2 Å². The summed E-state index contributed by atoms with van der Waals surface area (Å²) in [5, 5.41) is 3.33. The van der Waals surface area contributed by atoms with Crippen molar-refractivity contribution in [3.8, 4) is 5.75 Å². The Balaban J connectivity index is 1.74. The summed E-state index contributed by atoms with van der Waals surface area (Å²) < 4.78 is 18.6. The lowest BCUT2D eigenvalue weighted by Crippen LogP contribution is -2.48. The molecule has 2 aromatic carbocycles. The van der Waals surface area contributed by atoms with Gasteiger partial charge in [0, 0.05) is 6.08 Å². The van der Waals surface area contributed by atoms with E-state index in [1.165, 1.54) is 25.3 Å². The van der Waals surface area contributed by atoms with E-state index in [0.29, 0.717) is 22.6 Å². The second-order valence-electron chi connectivity index (χ2n) is 6.40. The number of methoxy groups -OCH3 is 1. The Labute approximate surface area is 167 Å². The molecular weight excluding hydrogens is 377 g/mol. The largest absolute Gasteiger partial charge is 0.494 e. The molecule has 1 aliphatic rings. The Morgan fingerprint density at radius 2 is 1.97 bits per heavy atom. The fraction of sp³-hybridized carbons (Fsp3) is 0.190. The lowest BCUT2D eigenvalue weighted by molar-refractivity contribution is -0.138. The van der Waals surface area contributed by atoms with Crippen LogP contribution in [0.1, 0.15) is 24.5 Å². The topological polar surface area (TPSA) is 87.7 Å². The summed E-state index contributed by atoms with van der Waals surface area (Å²) in [6.07, 6.45) is 2.78. The first kappa shape index (κ1) is 20.1. The zero-order chi connectivity index (χ0) is 21.0. The van der Waals surface area contributed by atoms with Crippen LogP contribution in [0.5, 0.6) is 5.75 Å². The van der Waals surface area contributed by atoms with Crippen molar-refractivity contribution in [2.75, 3.05) is 7.11 Å². The molecule has 2 aromatic rings. The summed E-state index contributed by atoms with van der Waals surface area (Å²) >= 11 is 0. The van der Waals surface area contributed by atoms with Crippen LogP contribution >= 0.6 is 0 Å². The minimum Gasteiger partial charge on any atom is -0.494 e. The molecule has 0 spiro atoms. The van der Waals surface area contributed by atoms with Gasteiger partial charge in [0.25, 0.3) is 11.8 Å². The maximum Gasteiger partial charge on any atom is 0.344 e. The number of hydrogen-bond donors (Lipinski definition) is 2. The van der Waals surface area contributed by atoms with Crippen LogP contribution in [0.3, 0.4) is 0 Å². The average molecular weight is 397 g/mol. The number of carbonyl (C=O) groups is 3. The summed E-state index contributed by atoms with van der Waals surface area (Å²) in [7, 11) is 1.35. The maximum absolute atomic E-state index is 13.7. The van der Waals surface area contributed by atoms with E-state index in [1.807, 2.05) is 0 Å². The molecular formula is C21H20FN3O4. The van der Waals surface area contributed by atoms with Crippen LogP contribution in [0.15, 0.2) is 54.6 Å². The van der Waals surface area contributed by atoms with E-state index in [2.05, 4.69) is 10.7 Å². The first-order chi connectivity index (χ1) is 13.9. The first-order valence-electron chi connectivity index (χ1n) is 8.95. The molecule has 2 N–H and O–H groups in total. The number of hydrazine groups is 1. The fourth-order valence-corrected chi connectivity index (χ4v) is 3.14. The summed E-state index contributed by atoms with van der Waals surface area (Å²) in [4.78, 5) is 37.5. The van der Waals surface area contributed by atoms with Crippen LogP contribution in [0.25, 0.3) is 6.08 Å². The molecule has 4 amide bonds. The Bertz CT molecular complexity index is 977. The number of nitrogens with one attached hydrogen (secondary N) is 2. The summed E-state index contributed by atoms with van der Waals surface area (Å²) in [5.41, 5.74) is 2.08. The van der Waals surface area contributed by atoms with Gasteiger partial charge in [-0.3, -0.25) is 15.0 Å². The van der Waals surface area contributed by atoms with Gasteiger partial charge in [0.1, 0.15) is 5.54 Å². The third kappa shape index (κ3) is 3.82. The second kappa shape index (κ2) is 8.14. The number of rotatable bonds is 6. The van der Waals surface area contributed by atoms with Gasteiger partial charge in [-0.2, -0.15) is 5.01 Å². The van der Waals surface area contributed by atoms with Crippen molar-refractivity contribution in [2.45, 2.75) is 18.9 Å². The van der Waals surface area contributed by atoms with Crippen LogP contribution < -0.4 is 15.5 Å². The molecule has 1 aliphatic heterocycles. The number of amides is 4. The zero-order valence-electron chi connectivity index (χ0n) is 15.9. The number of urea groups is 1. The van der Waals surface area contributed by atoms with Crippen molar-refractivity contribution >= 4 is 23.9 Å². The molecule has 0 unspecified atom stereocenters. The highest BCUT2D eigenvalue weighted by molar-refractivity contribution is 6.09. The predicted molar refractivity (Wildman–Crippen MR) is 104 cm³/mol. The summed E-state index contributed by atoms with van der Waals surface area (Å²) in [6.45, 7) is 1.77. The standard InChI is InChI=1S/C21H20FN3O4/c1-3-21(15-7-5-4-6-8-15)19(27)25(20(28)23-21)24-18(26)12-10-14-9-11-17(29-2)16(22)13-14/h4-13H,3H2,1-2H3,(H,23,28)(H,24,26)/b12-10+/t21-/m0/s1. The van der Waals surface area contributed by atoms with Gasteiger partial charge in [0.05, 0.1) is 7.11 Å². The summed E-state index contributed by atoms with van der Waals surface area (Å²) in [5.74, 6) is -1.76. The number of nitrogens with zero attached hydrogens (tertiary/aromatic N) is 1. The van der Waals surface area contributed by atoms with Crippen molar-refractivity contribution in [2.24, 2.45) is 0 Å². The molecule has 0 aromatic heterocycles. The molecule has 1 fully saturated rings. The van der Waals surface area contributed by atoms with Crippen molar-refractivity contribution < 1.29 is 23.5 Å². The van der Waals surface area contributed by atoms with E-state index in [-0.39, 0.29) is 5.75 Å². The van der Waals surface area contributed by atoms with E-state index in [0.717, 1.165) is 6.08 Å². The molecule has 1 heterocycles. The number of imide groups is 1. The molecule has 1 saturated heterocycles. The van der Waals surface area contributed by atoms with Gasteiger partial charge in [-0.15, -0.1) is 0 Å². The maximum atomic E-state index is 13.7. The Kier molecular flexibility index (Phi) is 5.63. The smallest absolute Gasteiger partial charge is 0.344 e. The molecule has 1 atom stereocenters. The number of benzene rings is 2. The normalized spacial score (nSPS) is 18.8. The van der Waals surface area contributed by atoms with E-state index in [4.69, 9.17) is 4.74 Å². The minimum atomic E-state index is -1.24. The molecule has 0 aliphatic carbocycles. The second-order valence-corrected chi connectivity index (χ2v) is 6.40. The van der Waals surface area contributed by atoms with Gasteiger partial charge >= 0.3 is 6.03 Å². The third-order valence-electron chi connectivity index (χ3n) is 4.71. The monoisotopic (exact) mass is 397 g/mol. The van der Waals surface area contributed by atoms with Crippen molar-refractivity contribution in [1.82, 2.24) is 15.8 Å². The van der Waals surface area contributed by atoms with Crippen LogP contribution in [0, 0.1) is 5.82 Å². The van der Waals surface area contributed by atoms with Gasteiger partial charge in [-0.05, 0) is 35.8 Å². The van der Waals surface area contributed by atoms with Gasteiger partial charge in [0.2, 0.25) is 0 Å². The third-order valence-corrected chi connectivity index (χ3v) is 4.71. The van der Waals surface area contributed by atoms with Crippen molar-refractivity contribution in [1.29, 1.82) is 0 Å². The zero-order valence-corrected chi connectivity index (χ0v) is 15.9. The fourth-order valence-electron chi connectivity index (χ4n) is 3.14. The molecule has 150 valence electrons. The Morgan fingerprint density at radius 1 is 1.24 bits per heavy atom. The first-order valence-corrected chi connectivity index (χ1v) is 8.95. The van der Waals surface area contributed by atoms with Crippen LogP contribution in [0.4, 0.5) is 9.18 Å². The number of ether oxygens (including phenoxy) is 1. The van der Waals surface area contributed by atoms with Crippen LogP contribution in [-0.2, 0) is 15.1 Å². The lowest BCUT2D eigenvalue weighted by atomic mass is 9.87. The average Bonchev–Trinajstić information content (AvgIpc) is 2.98. The van der Waals surface area contributed by atoms with Crippen LogP contribution in [0.2, 0.25) is 0 Å². The highest BCUT2D eigenvalue weighted by Crippen LogP contribution is 2.31. The summed E-state index contributed by atoms with van der Waals surface area (Å²) in [6, 6.07) is 12.3. The van der Waals surface area contributed by atoms with Crippen molar-refractivity contribution in [3.05, 3.63) is 71.6 Å². The Hall–Kier alpha value is -3.68. The molecule has 29 heavy (non-hydrogen) atoms. The molecule has 7 nitrogen and oxygen atoms in total. The highest BCUT2D eigenvalue weighted by atomic mass is 19.1. The number of halogens is 1. The molecule has 8 heteroatoms. The van der Waals surface area contributed by atoms with Crippen LogP contribution in [-0.4, -0.2) is 30.0 Å². The molecule has 0 radical (unpaired) electrons. The number of carbonyl (C=O) groups excluding carboxylic acids is 3. The van der Waals surface area contributed by atoms with Crippen molar-refractivity contribution in [3.63, 3.8) is 0 Å². The van der Waals surface area contributed by atoms with Gasteiger partial charge < -0.3 is 10.1 Å². The van der Waals surface area contributed by atoms with E-state index in [1.54, 1.807) is 43.3 Å². The molecule has 0 bridgehead atoms. The predicted octanol–water partition coefficient (Wildman–Crippen LogP) is 2.74. The Morgan fingerprint density at radius 3 is 2.59 bits per heavy atom. The molecule has 0 saturated carbocycles. The minimum absolute atomic E-state index is 0.0859. The van der Waals surface area contributed by atoms with E-state index >= 15 is 0 Å². The van der Waals surface area contributed by atoms with E-state index in [9.17, 15) is 18.8 Å². The van der Waals surface area contributed by atoms with Gasteiger partial charge in [0.15, 0.2) is 11.6 Å².